The fourth-order valence-electron chi connectivity index (χ4n) is 2.98. The smallest absolute Gasteiger partial charge is 0.278 e. The van der Waals surface area contributed by atoms with Crippen molar-refractivity contribution in [3.8, 4) is 0 Å². The van der Waals surface area contributed by atoms with Crippen LogP contribution in [0.15, 0.2) is 48.7 Å². The van der Waals surface area contributed by atoms with Gasteiger partial charge in [-0.05, 0) is 48.7 Å². The number of benzene rings is 2. The third kappa shape index (κ3) is 2.44. The molecule has 3 aromatic rings. The molecular weight excluding hydrogens is 293 g/mol. The molecule has 0 aliphatic carbocycles. The van der Waals surface area contributed by atoms with Crippen molar-refractivity contribution in [3.05, 3.63) is 65.7 Å². The first-order valence-corrected chi connectivity index (χ1v) is 7.54. The summed E-state index contributed by atoms with van der Waals surface area (Å²) in [7, 11) is 0. The Bertz CT molecular complexity index is 910. The number of hydrogen-bond donors (Lipinski definition) is 0. The van der Waals surface area contributed by atoms with Gasteiger partial charge in [-0.3, -0.25) is 9.78 Å². The minimum Gasteiger partial charge on any atom is -0.307 e. The Morgan fingerprint density at radius 2 is 1.96 bits per heavy atom. The molecule has 0 fully saturated rings. The zero-order chi connectivity index (χ0) is 15.8. The van der Waals surface area contributed by atoms with Crippen LogP contribution >= 0.6 is 0 Å². The Balaban J connectivity index is 1.74. The van der Waals surface area contributed by atoms with Crippen LogP contribution in [-0.2, 0) is 6.42 Å². The maximum atomic E-state index is 13.4. The molecule has 23 heavy (non-hydrogen) atoms. The molecule has 2 aromatic carbocycles. The first-order valence-electron chi connectivity index (χ1n) is 7.54. The van der Waals surface area contributed by atoms with Gasteiger partial charge >= 0.3 is 0 Å². The largest absolute Gasteiger partial charge is 0.307 e. The monoisotopic (exact) mass is 307 g/mol. The van der Waals surface area contributed by atoms with Crippen LogP contribution in [0.4, 0.5) is 10.1 Å². The van der Waals surface area contributed by atoms with E-state index < -0.39 is 0 Å². The first kappa shape index (κ1) is 13.8. The number of carbonyl (C=O) groups excluding carboxylic acids is 1. The molecule has 0 radical (unpaired) electrons. The van der Waals surface area contributed by atoms with Crippen molar-refractivity contribution >= 4 is 22.6 Å². The summed E-state index contributed by atoms with van der Waals surface area (Å²) >= 11 is 0. The number of rotatable bonds is 1. The number of amides is 1. The fourth-order valence-corrected chi connectivity index (χ4v) is 2.98. The molecule has 0 N–H and O–H groups in total. The molecule has 1 amide bonds. The van der Waals surface area contributed by atoms with Crippen molar-refractivity contribution in [2.24, 2.45) is 0 Å². The highest BCUT2D eigenvalue weighted by molar-refractivity contribution is 6.06. The normalized spacial score (nSPS) is 13.9. The van der Waals surface area contributed by atoms with Gasteiger partial charge in [0.15, 0.2) is 0 Å². The number of aryl methyl sites for hydroxylation is 1. The Morgan fingerprint density at radius 3 is 2.83 bits per heavy atom. The molecule has 0 saturated heterocycles. The first-order chi connectivity index (χ1) is 11.2. The lowest BCUT2D eigenvalue weighted by Gasteiger charge is -2.29. The van der Waals surface area contributed by atoms with E-state index in [1.165, 1.54) is 18.3 Å². The summed E-state index contributed by atoms with van der Waals surface area (Å²) < 4.78 is 13.4. The molecule has 0 spiro atoms. The Morgan fingerprint density at radius 1 is 1.13 bits per heavy atom. The summed E-state index contributed by atoms with van der Waals surface area (Å²) in [5, 5.41) is 0. The molecule has 1 aliphatic heterocycles. The lowest BCUT2D eigenvalue weighted by atomic mass is 10.0. The van der Waals surface area contributed by atoms with Gasteiger partial charge in [0.05, 0.1) is 17.2 Å². The zero-order valence-corrected chi connectivity index (χ0v) is 12.4. The quantitative estimate of drug-likeness (QED) is 0.692. The Labute approximate surface area is 132 Å². The van der Waals surface area contributed by atoms with E-state index in [4.69, 9.17) is 0 Å². The maximum absolute atomic E-state index is 13.4. The van der Waals surface area contributed by atoms with Crippen molar-refractivity contribution in [2.75, 3.05) is 11.4 Å². The van der Waals surface area contributed by atoms with Crippen LogP contribution < -0.4 is 4.90 Å². The molecule has 1 aliphatic rings. The van der Waals surface area contributed by atoms with Crippen molar-refractivity contribution in [1.82, 2.24) is 9.97 Å². The number of fused-ring (bicyclic) bond motifs is 2. The molecule has 1 aromatic heterocycles. The van der Waals surface area contributed by atoms with Gasteiger partial charge in [-0.25, -0.2) is 9.37 Å². The Kier molecular flexibility index (Phi) is 3.26. The average Bonchev–Trinajstić information content (AvgIpc) is 2.60. The number of nitrogens with zero attached hydrogens (tertiary/aromatic N) is 3. The minimum atomic E-state index is -0.274. The second-order valence-electron chi connectivity index (χ2n) is 5.58. The summed E-state index contributed by atoms with van der Waals surface area (Å²) in [4.78, 5) is 23.2. The summed E-state index contributed by atoms with van der Waals surface area (Å²) in [5.74, 6) is -0.473. The number of halogens is 1. The lowest BCUT2D eigenvalue weighted by Crippen LogP contribution is -2.36. The predicted octanol–water partition coefficient (Wildman–Crippen LogP) is 3.36. The van der Waals surface area contributed by atoms with Crippen LogP contribution in [0.25, 0.3) is 11.0 Å². The van der Waals surface area contributed by atoms with Gasteiger partial charge in [-0.1, -0.05) is 12.1 Å². The Hall–Kier alpha value is -2.82. The molecular formula is C18H14FN3O. The van der Waals surface area contributed by atoms with Crippen LogP contribution in [-0.4, -0.2) is 22.4 Å². The third-order valence-electron chi connectivity index (χ3n) is 4.07. The van der Waals surface area contributed by atoms with Crippen LogP contribution in [0.1, 0.15) is 22.5 Å². The molecule has 4 nitrogen and oxygen atoms in total. The van der Waals surface area contributed by atoms with Crippen LogP contribution in [0.2, 0.25) is 0 Å². The van der Waals surface area contributed by atoms with Crippen molar-refractivity contribution in [2.45, 2.75) is 12.8 Å². The standard InChI is InChI=1S/C18H14FN3O/c19-13-7-8-17-12(10-13)4-3-9-22(17)18(23)16-11-20-14-5-1-2-6-15(14)21-16/h1-2,5-8,10-11H,3-4,9H2. The van der Waals surface area contributed by atoms with E-state index in [2.05, 4.69) is 9.97 Å². The van der Waals surface area contributed by atoms with Gasteiger partial charge < -0.3 is 4.90 Å². The van der Waals surface area contributed by atoms with Crippen LogP contribution in [0.3, 0.4) is 0 Å². The highest BCUT2D eigenvalue weighted by Gasteiger charge is 2.25. The fraction of sp³-hybridized carbons (Fsp3) is 0.167. The summed E-state index contributed by atoms with van der Waals surface area (Å²) in [6, 6.07) is 12.0. The van der Waals surface area contributed by atoms with Crippen molar-refractivity contribution < 1.29 is 9.18 Å². The van der Waals surface area contributed by atoms with Gasteiger partial charge in [0.25, 0.3) is 5.91 Å². The highest BCUT2D eigenvalue weighted by atomic mass is 19.1. The molecule has 5 heteroatoms. The number of hydrogen-bond acceptors (Lipinski definition) is 3. The van der Waals surface area contributed by atoms with E-state index in [-0.39, 0.29) is 11.7 Å². The van der Waals surface area contributed by atoms with Crippen molar-refractivity contribution in [3.63, 3.8) is 0 Å². The van der Waals surface area contributed by atoms with Gasteiger partial charge in [-0.15, -0.1) is 0 Å². The summed E-state index contributed by atoms with van der Waals surface area (Å²) in [6.45, 7) is 0.603. The molecule has 114 valence electrons. The molecule has 4 rings (SSSR count). The molecule has 0 atom stereocenters. The van der Waals surface area contributed by atoms with Gasteiger partial charge in [0.2, 0.25) is 0 Å². The maximum Gasteiger partial charge on any atom is 0.278 e. The van der Waals surface area contributed by atoms with Crippen LogP contribution in [0.5, 0.6) is 0 Å². The zero-order valence-electron chi connectivity index (χ0n) is 12.4. The molecule has 0 unspecified atom stereocenters. The average molecular weight is 307 g/mol. The molecule has 2 heterocycles. The SMILES string of the molecule is O=C(c1cnc2ccccc2n1)N1CCCc2cc(F)ccc21. The number of aromatic nitrogens is 2. The minimum absolute atomic E-state index is 0.198. The van der Waals surface area contributed by atoms with Crippen LogP contribution in [0, 0.1) is 5.82 Å². The van der Waals surface area contributed by atoms with E-state index >= 15 is 0 Å². The number of anilines is 1. The lowest BCUT2D eigenvalue weighted by molar-refractivity contribution is 0.0980. The second-order valence-corrected chi connectivity index (χ2v) is 5.58. The third-order valence-corrected chi connectivity index (χ3v) is 4.07. The summed E-state index contributed by atoms with van der Waals surface area (Å²) in [6.07, 6.45) is 3.09. The molecule has 0 bridgehead atoms. The van der Waals surface area contributed by atoms with E-state index in [0.29, 0.717) is 17.8 Å². The van der Waals surface area contributed by atoms with E-state index in [0.717, 1.165) is 29.6 Å². The van der Waals surface area contributed by atoms with E-state index in [9.17, 15) is 9.18 Å². The van der Waals surface area contributed by atoms with Crippen molar-refractivity contribution in [1.29, 1.82) is 0 Å². The van der Waals surface area contributed by atoms with E-state index in [1.807, 2.05) is 24.3 Å². The topological polar surface area (TPSA) is 46.1 Å². The van der Waals surface area contributed by atoms with Gasteiger partial charge in [-0.2, -0.15) is 0 Å². The predicted molar refractivity (Wildman–Crippen MR) is 85.9 cm³/mol. The van der Waals surface area contributed by atoms with E-state index in [1.54, 1.807) is 11.0 Å². The van der Waals surface area contributed by atoms with Gasteiger partial charge in [0, 0.05) is 12.2 Å². The van der Waals surface area contributed by atoms with Gasteiger partial charge in [0.1, 0.15) is 11.5 Å². The molecule has 0 saturated carbocycles. The second kappa shape index (κ2) is 5.43. The number of carbonyl (C=O) groups is 1. The summed E-state index contributed by atoms with van der Waals surface area (Å²) in [5.41, 5.74) is 3.37. The number of para-hydroxylation sites is 2. The highest BCUT2D eigenvalue weighted by Crippen LogP contribution is 2.28.